The summed E-state index contributed by atoms with van der Waals surface area (Å²) in [5.41, 5.74) is 1.98. The van der Waals surface area contributed by atoms with E-state index in [1.54, 1.807) is 11.3 Å². The van der Waals surface area contributed by atoms with Crippen LogP contribution in [0.1, 0.15) is 43.5 Å². The van der Waals surface area contributed by atoms with E-state index < -0.39 is 0 Å². The van der Waals surface area contributed by atoms with E-state index in [0.717, 1.165) is 41.9 Å². The highest BCUT2D eigenvalue weighted by molar-refractivity contribution is 7.09. The normalized spacial score (nSPS) is 16.5. The van der Waals surface area contributed by atoms with Crippen molar-refractivity contribution in [2.75, 3.05) is 13.2 Å². The highest BCUT2D eigenvalue weighted by Gasteiger charge is 2.31. The molecule has 3 rings (SSSR count). The maximum atomic E-state index is 12.2. The van der Waals surface area contributed by atoms with Crippen molar-refractivity contribution in [3.8, 4) is 11.3 Å². The van der Waals surface area contributed by atoms with Crippen molar-refractivity contribution < 1.29 is 9.90 Å². The van der Waals surface area contributed by atoms with Crippen LogP contribution in [-0.2, 0) is 11.2 Å². The van der Waals surface area contributed by atoms with Crippen LogP contribution in [0.15, 0.2) is 35.7 Å². The zero-order valence-corrected chi connectivity index (χ0v) is 15.4. The average molecular weight is 359 g/mol. The highest BCUT2D eigenvalue weighted by Crippen LogP contribution is 2.35. The van der Waals surface area contributed by atoms with Crippen molar-refractivity contribution in [2.24, 2.45) is 5.41 Å². The largest absolute Gasteiger partial charge is 0.396 e. The lowest BCUT2D eigenvalue weighted by molar-refractivity contribution is -0.121. The van der Waals surface area contributed by atoms with Gasteiger partial charge < -0.3 is 10.4 Å². The standard InChI is InChI=1S/C20H26N2O2S/c23-15-20(11-5-2-6-12-20)14-21-18(24)9-10-19-22-17(13-25-19)16-7-3-1-4-8-16/h1,3-4,7-8,13,23H,2,5-6,9-12,14-15H2,(H,21,24). The molecule has 0 bridgehead atoms. The van der Waals surface area contributed by atoms with E-state index in [9.17, 15) is 9.90 Å². The lowest BCUT2D eigenvalue weighted by atomic mass is 9.74. The molecule has 1 aliphatic carbocycles. The first-order valence-corrected chi connectivity index (χ1v) is 9.96. The van der Waals surface area contributed by atoms with Crippen LogP contribution in [0.4, 0.5) is 0 Å². The van der Waals surface area contributed by atoms with Crippen LogP contribution in [0.5, 0.6) is 0 Å². The van der Waals surface area contributed by atoms with E-state index >= 15 is 0 Å². The summed E-state index contributed by atoms with van der Waals surface area (Å²) in [4.78, 5) is 16.8. The Hall–Kier alpha value is -1.72. The molecule has 1 amide bonds. The number of aromatic nitrogens is 1. The number of hydrogen-bond donors (Lipinski definition) is 2. The number of nitrogens with zero attached hydrogens (tertiary/aromatic N) is 1. The number of aliphatic hydroxyl groups is 1. The number of thiazole rings is 1. The van der Waals surface area contributed by atoms with Gasteiger partial charge in [0, 0.05) is 35.7 Å². The average Bonchev–Trinajstić information content (AvgIpc) is 3.15. The molecule has 1 saturated carbocycles. The third-order valence-electron chi connectivity index (χ3n) is 5.10. The molecule has 1 heterocycles. The lowest BCUT2D eigenvalue weighted by Gasteiger charge is -2.35. The van der Waals surface area contributed by atoms with E-state index in [2.05, 4.69) is 10.3 Å². The van der Waals surface area contributed by atoms with E-state index in [0.29, 0.717) is 19.4 Å². The van der Waals surface area contributed by atoms with Crippen LogP contribution in [0.3, 0.4) is 0 Å². The van der Waals surface area contributed by atoms with E-state index in [-0.39, 0.29) is 17.9 Å². The molecule has 0 spiro atoms. The minimum Gasteiger partial charge on any atom is -0.396 e. The van der Waals surface area contributed by atoms with E-state index in [1.165, 1.54) is 6.42 Å². The number of hydrogen-bond acceptors (Lipinski definition) is 4. The molecule has 2 aromatic rings. The van der Waals surface area contributed by atoms with Crippen LogP contribution in [-0.4, -0.2) is 29.1 Å². The van der Waals surface area contributed by atoms with Gasteiger partial charge in [0.2, 0.25) is 5.91 Å². The Balaban J connectivity index is 1.47. The molecule has 2 N–H and O–H groups in total. The van der Waals surface area contributed by atoms with Crippen LogP contribution in [0.25, 0.3) is 11.3 Å². The zero-order valence-electron chi connectivity index (χ0n) is 14.5. The molecule has 0 atom stereocenters. The third kappa shape index (κ3) is 4.89. The fourth-order valence-corrected chi connectivity index (χ4v) is 4.26. The molecule has 1 fully saturated rings. The summed E-state index contributed by atoms with van der Waals surface area (Å²) in [6.45, 7) is 0.760. The summed E-state index contributed by atoms with van der Waals surface area (Å²) >= 11 is 1.61. The smallest absolute Gasteiger partial charge is 0.220 e. The predicted octanol–water partition coefficient (Wildman–Crippen LogP) is 3.80. The Morgan fingerprint density at radius 1 is 1.20 bits per heavy atom. The van der Waals surface area contributed by atoms with E-state index in [1.807, 2.05) is 35.7 Å². The van der Waals surface area contributed by atoms with Crippen molar-refractivity contribution in [3.05, 3.63) is 40.7 Å². The van der Waals surface area contributed by atoms with Crippen molar-refractivity contribution in [1.82, 2.24) is 10.3 Å². The number of aryl methyl sites for hydroxylation is 1. The van der Waals surface area contributed by atoms with Gasteiger partial charge in [-0.25, -0.2) is 4.98 Å². The SMILES string of the molecule is O=C(CCc1nc(-c2ccccc2)cs1)NCC1(CO)CCCCC1. The number of benzene rings is 1. The van der Waals surface area contributed by atoms with Gasteiger partial charge in [-0.1, -0.05) is 49.6 Å². The molecule has 1 aliphatic rings. The van der Waals surface area contributed by atoms with Gasteiger partial charge in [-0.15, -0.1) is 11.3 Å². The van der Waals surface area contributed by atoms with Crippen LogP contribution < -0.4 is 5.32 Å². The number of rotatable bonds is 7. The number of carbonyl (C=O) groups excluding carboxylic acids is 1. The summed E-state index contributed by atoms with van der Waals surface area (Å²) in [5.74, 6) is 0.0508. The molecule has 0 aliphatic heterocycles. The molecule has 25 heavy (non-hydrogen) atoms. The number of nitrogens with one attached hydrogen (secondary N) is 1. The van der Waals surface area contributed by atoms with Gasteiger partial charge in [-0.2, -0.15) is 0 Å². The molecule has 0 saturated heterocycles. The molecule has 1 aromatic carbocycles. The van der Waals surface area contributed by atoms with Crippen molar-refractivity contribution in [3.63, 3.8) is 0 Å². The van der Waals surface area contributed by atoms with Crippen molar-refractivity contribution >= 4 is 17.2 Å². The van der Waals surface area contributed by atoms with E-state index in [4.69, 9.17) is 0 Å². The Labute approximate surface area is 153 Å². The lowest BCUT2D eigenvalue weighted by Crippen LogP contribution is -2.41. The molecule has 1 aromatic heterocycles. The molecule has 0 unspecified atom stereocenters. The van der Waals surface area contributed by atoms with Gasteiger partial charge in [0.25, 0.3) is 0 Å². The second-order valence-corrected chi connectivity index (χ2v) is 7.93. The first kappa shape index (κ1) is 18.1. The fraction of sp³-hybridized carbons (Fsp3) is 0.500. The summed E-state index contributed by atoms with van der Waals surface area (Å²) in [6.07, 6.45) is 6.67. The Bertz CT molecular complexity index is 678. The highest BCUT2D eigenvalue weighted by atomic mass is 32.1. The van der Waals surface area contributed by atoms with Gasteiger partial charge >= 0.3 is 0 Å². The van der Waals surface area contributed by atoms with Gasteiger partial charge in [0.05, 0.1) is 17.3 Å². The van der Waals surface area contributed by atoms with Gasteiger partial charge in [-0.05, 0) is 12.8 Å². The molecule has 0 radical (unpaired) electrons. The second kappa shape index (κ2) is 8.59. The molecular formula is C20H26N2O2S. The third-order valence-corrected chi connectivity index (χ3v) is 6.01. The molecule has 5 heteroatoms. The zero-order chi connectivity index (χ0) is 17.5. The Morgan fingerprint density at radius 3 is 2.68 bits per heavy atom. The minimum absolute atomic E-state index is 0.0508. The van der Waals surface area contributed by atoms with Crippen molar-refractivity contribution in [1.29, 1.82) is 0 Å². The first-order chi connectivity index (χ1) is 12.2. The van der Waals surface area contributed by atoms with Gasteiger partial charge in [0.1, 0.15) is 0 Å². The topological polar surface area (TPSA) is 62.2 Å². The van der Waals surface area contributed by atoms with Crippen LogP contribution >= 0.6 is 11.3 Å². The fourth-order valence-electron chi connectivity index (χ4n) is 3.45. The quantitative estimate of drug-likeness (QED) is 0.791. The number of aliphatic hydroxyl groups excluding tert-OH is 1. The summed E-state index contributed by atoms with van der Waals surface area (Å²) in [7, 11) is 0. The number of carbonyl (C=O) groups is 1. The van der Waals surface area contributed by atoms with Gasteiger partial charge in [-0.3, -0.25) is 4.79 Å². The maximum absolute atomic E-state index is 12.2. The van der Waals surface area contributed by atoms with Gasteiger partial charge in [0.15, 0.2) is 0 Å². The van der Waals surface area contributed by atoms with Crippen LogP contribution in [0, 0.1) is 5.41 Å². The molecule has 134 valence electrons. The monoisotopic (exact) mass is 358 g/mol. The maximum Gasteiger partial charge on any atom is 0.220 e. The summed E-state index contributed by atoms with van der Waals surface area (Å²) < 4.78 is 0. The summed E-state index contributed by atoms with van der Waals surface area (Å²) in [6, 6.07) is 10.1. The predicted molar refractivity (Wildman–Crippen MR) is 101 cm³/mol. The number of amides is 1. The Kier molecular flexibility index (Phi) is 6.21. The Morgan fingerprint density at radius 2 is 1.96 bits per heavy atom. The second-order valence-electron chi connectivity index (χ2n) is 6.99. The molecule has 4 nitrogen and oxygen atoms in total. The molecular weight excluding hydrogens is 332 g/mol. The summed E-state index contributed by atoms with van der Waals surface area (Å²) in [5, 5.41) is 15.8. The first-order valence-electron chi connectivity index (χ1n) is 9.08. The minimum atomic E-state index is -0.102. The van der Waals surface area contributed by atoms with Crippen molar-refractivity contribution in [2.45, 2.75) is 44.9 Å². The van der Waals surface area contributed by atoms with Crippen LogP contribution in [0.2, 0.25) is 0 Å².